The number of benzene rings is 9. The molecule has 0 fully saturated rings. The van der Waals surface area contributed by atoms with Crippen molar-refractivity contribution in [2.24, 2.45) is 0 Å². The Morgan fingerprint density at radius 2 is 1.09 bits per heavy atom. The second kappa shape index (κ2) is 22.7. The van der Waals surface area contributed by atoms with E-state index in [0.717, 1.165) is 68.8 Å². The van der Waals surface area contributed by atoms with E-state index in [2.05, 4.69) is 168 Å². The Balaban J connectivity index is 0.00000982. The molecule has 0 radical (unpaired) electrons. The van der Waals surface area contributed by atoms with Crippen LogP contribution in [0.5, 0.6) is 11.5 Å². The zero-order chi connectivity index (χ0) is 73.2. The van der Waals surface area contributed by atoms with Gasteiger partial charge in [-0.1, -0.05) is 237 Å². The molecule has 5 nitrogen and oxygen atoms in total. The van der Waals surface area contributed by atoms with Gasteiger partial charge in [0, 0.05) is 78.0 Å². The largest absolute Gasteiger partial charge is 0.509 e. The summed E-state index contributed by atoms with van der Waals surface area (Å²) in [6.07, 6.45) is 3.11. The van der Waals surface area contributed by atoms with E-state index in [-0.39, 0.29) is 102 Å². The number of anilines is 4. The fourth-order valence-corrected chi connectivity index (χ4v) is 12.6. The van der Waals surface area contributed by atoms with Crippen LogP contribution in [0.1, 0.15) is 173 Å². The number of fused-ring (bicyclic) bond motifs is 5. The average Bonchev–Trinajstić information content (AvgIpc) is 1.07. The molecule has 460 valence electrons. The zero-order valence-electron chi connectivity index (χ0n) is 66.6. The average molecular weight is 1370 g/mol. The van der Waals surface area contributed by atoms with E-state index in [4.69, 9.17) is 19.3 Å². The fraction of sp³-hybridized carbons (Fsp3) is 0.286. The van der Waals surface area contributed by atoms with Crippen molar-refractivity contribution in [2.75, 3.05) is 9.80 Å². The Hall–Kier alpha value is -7.98. The first-order valence-electron chi connectivity index (χ1n) is 37.0. The molecule has 6 heteroatoms. The molecule has 3 heterocycles. The first-order chi connectivity index (χ1) is 47.1. The summed E-state index contributed by atoms with van der Waals surface area (Å²) < 4.78 is 119. The first kappa shape index (κ1) is 48.8. The number of hydrogen-bond donors (Lipinski definition) is 0. The molecule has 90 heavy (non-hydrogen) atoms. The predicted octanol–water partition coefficient (Wildman–Crippen LogP) is 23.2. The van der Waals surface area contributed by atoms with E-state index in [9.17, 15) is 6.85 Å². The van der Waals surface area contributed by atoms with Crippen LogP contribution >= 0.6 is 0 Å². The summed E-state index contributed by atoms with van der Waals surface area (Å²) >= 11 is 0. The molecule has 0 saturated carbocycles. The normalized spacial score (nSPS) is 16.7. The molecular weight excluding hydrogens is 1280 g/mol. The summed E-state index contributed by atoms with van der Waals surface area (Å²) in [4.78, 5) is 9.08. The molecule has 0 spiro atoms. The van der Waals surface area contributed by atoms with Crippen molar-refractivity contribution in [1.29, 1.82) is 0 Å². The van der Waals surface area contributed by atoms with Crippen molar-refractivity contribution in [3.8, 4) is 61.8 Å². The molecule has 2 aliphatic rings. The van der Waals surface area contributed by atoms with Crippen LogP contribution < -0.4 is 14.5 Å². The van der Waals surface area contributed by atoms with Crippen LogP contribution in [0.2, 0.25) is 0 Å². The van der Waals surface area contributed by atoms with Crippen molar-refractivity contribution >= 4 is 44.6 Å². The smallest absolute Gasteiger partial charge is 0.135 e. The van der Waals surface area contributed by atoms with Crippen molar-refractivity contribution < 1.29 is 42.3 Å². The second-order valence-electron chi connectivity index (χ2n) is 29.6. The Bertz CT molecular complexity index is 5220. The van der Waals surface area contributed by atoms with E-state index >= 15 is 0 Å². The van der Waals surface area contributed by atoms with Gasteiger partial charge in [0.15, 0.2) is 0 Å². The maximum absolute atomic E-state index is 10.5. The maximum Gasteiger partial charge on any atom is 0.135 e. The molecule has 13 rings (SSSR count). The summed E-state index contributed by atoms with van der Waals surface area (Å²) in [5.74, 6) is 0.767. The van der Waals surface area contributed by atoms with Gasteiger partial charge in [-0.25, -0.2) is 4.98 Å². The summed E-state index contributed by atoms with van der Waals surface area (Å²) in [6, 6.07) is 42.7. The monoisotopic (exact) mass is 1370 g/mol. The van der Waals surface area contributed by atoms with Gasteiger partial charge >= 0.3 is 0 Å². The number of nitrogens with zero attached hydrogens (tertiary/aromatic N) is 4. The molecule has 1 aliphatic heterocycles. The van der Waals surface area contributed by atoms with Crippen LogP contribution in [0.15, 0.2) is 194 Å². The van der Waals surface area contributed by atoms with Crippen molar-refractivity contribution in [3.63, 3.8) is 0 Å². The SMILES string of the molecule is [2H]c1c([2H])c([2H])c(-c2cnc(-n3c4[c-]c(Oc5[c-]c(N6[CH-]N(c7c(-c8ccc(-c9cc(C(C)(C)C)cc(C(C)(C)C)c9)cc8)cc(C(C)(C)C)cc7-c7c([2H])c([2H])c8c(c7[2H])C(C)(C)CCC8(C)C)c7ccccc76)ccc5)ccc4c4c([2H])c([2H])c([2H])c([2H])c43)cc2C(C)(C)C)c([2H])c1[2H].[Pt]. The standard InChI is InChI=1S/C84H85N4O.Pt/c1-79(2,3)59-43-58(44-60(46-59)80(4,5)6)54-33-35-56(36-34-54)67-47-61(81(7,8)9)48-68(57-37-40-70-72(45-57)84(15,16)42-41-83(70,13)14)78(67)87-53-86(74-31-22-23-32-75(74)87)62-27-24-28-63(49-62)89-64-38-39-66-65-29-20-21-30-73(65)88(76(66)50-64)77-51-71(82(10,11)12)69(52-85-77)55-25-18-17-19-26-55;/h17-40,43-48,51-53H,41-42H2,1-16H3;/q-3;/i17D,18D,19D,20D,21D,25D,26D,29D,30D,37D,40D,45D;. The van der Waals surface area contributed by atoms with Gasteiger partial charge in [0.25, 0.3) is 0 Å². The predicted molar refractivity (Wildman–Crippen MR) is 376 cm³/mol. The number of rotatable bonds is 9. The first-order valence-corrected chi connectivity index (χ1v) is 31.0. The summed E-state index contributed by atoms with van der Waals surface area (Å²) in [6.45, 7) is 36.5. The number of ether oxygens (including phenoxy) is 1. The number of para-hydroxylation sites is 3. The van der Waals surface area contributed by atoms with Gasteiger partial charge in [-0.05, 0) is 148 Å². The van der Waals surface area contributed by atoms with Gasteiger partial charge in [0.05, 0.1) is 16.4 Å². The van der Waals surface area contributed by atoms with Gasteiger partial charge in [0.2, 0.25) is 0 Å². The molecule has 0 bridgehead atoms. The Morgan fingerprint density at radius 3 is 1.74 bits per heavy atom. The van der Waals surface area contributed by atoms with Gasteiger partial charge in [-0.15, -0.1) is 48.1 Å². The molecular formula is C84H85N4OPt-3. The zero-order valence-corrected chi connectivity index (χ0v) is 56.8. The second-order valence-corrected chi connectivity index (χ2v) is 29.6. The third-order valence-electron chi connectivity index (χ3n) is 18.1. The summed E-state index contributed by atoms with van der Waals surface area (Å²) in [7, 11) is 0. The maximum atomic E-state index is 10.5. The van der Waals surface area contributed by atoms with Gasteiger partial charge in [0.1, 0.15) is 5.82 Å². The Morgan fingerprint density at radius 1 is 0.500 bits per heavy atom. The van der Waals surface area contributed by atoms with Crippen LogP contribution in [-0.2, 0) is 53.6 Å². The van der Waals surface area contributed by atoms with Crippen molar-refractivity contribution in [2.45, 2.75) is 156 Å². The quantitative estimate of drug-likeness (QED) is 0.135. The third-order valence-corrected chi connectivity index (χ3v) is 18.1. The minimum absolute atomic E-state index is 0. The van der Waals surface area contributed by atoms with E-state index in [1.54, 1.807) is 28.8 Å². The minimum Gasteiger partial charge on any atom is -0.509 e. The van der Waals surface area contributed by atoms with Gasteiger partial charge in [-0.3, -0.25) is 0 Å². The minimum atomic E-state index is -0.706. The van der Waals surface area contributed by atoms with Gasteiger partial charge in [-0.2, -0.15) is 12.1 Å². The number of aromatic nitrogens is 2. The molecule has 0 amide bonds. The molecule has 0 atom stereocenters. The summed E-state index contributed by atoms with van der Waals surface area (Å²) in [5.41, 5.74) is 12.3. The Labute approximate surface area is 567 Å². The molecule has 0 N–H and O–H groups in total. The number of hydrogen-bond acceptors (Lipinski definition) is 4. The van der Waals surface area contributed by atoms with Crippen LogP contribution in [0.4, 0.5) is 22.7 Å². The van der Waals surface area contributed by atoms with Crippen LogP contribution in [0.25, 0.3) is 72.1 Å². The van der Waals surface area contributed by atoms with E-state index in [0.29, 0.717) is 44.6 Å². The molecule has 0 unspecified atom stereocenters. The molecule has 11 aromatic rings. The van der Waals surface area contributed by atoms with E-state index in [1.807, 2.05) is 62.7 Å². The van der Waals surface area contributed by atoms with Crippen LogP contribution in [-0.4, -0.2) is 9.55 Å². The summed E-state index contributed by atoms with van der Waals surface area (Å²) in [5, 5.41) is 0.673. The van der Waals surface area contributed by atoms with Crippen LogP contribution in [0.3, 0.4) is 0 Å². The van der Waals surface area contributed by atoms with Crippen molar-refractivity contribution in [1.82, 2.24) is 9.55 Å². The molecule has 2 aromatic heterocycles. The van der Waals surface area contributed by atoms with Crippen molar-refractivity contribution in [3.05, 3.63) is 246 Å². The number of pyridine rings is 1. The fourth-order valence-electron chi connectivity index (χ4n) is 12.6. The molecule has 0 saturated heterocycles. The van der Waals surface area contributed by atoms with Crippen LogP contribution in [0, 0.1) is 18.8 Å². The third kappa shape index (κ3) is 11.5. The molecule has 1 aliphatic carbocycles. The topological polar surface area (TPSA) is 33.5 Å². The Kier molecular flexibility index (Phi) is 12.3. The molecule has 9 aromatic carbocycles. The van der Waals surface area contributed by atoms with Gasteiger partial charge < -0.3 is 19.1 Å². The van der Waals surface area contributed by atoms with E-state index < -0.39 is 51.9 Å². The van der Waals surface area contributed by atoms with E-state index in [1.165, 1.54) is 17.3 Å².